The molecule has 0 aromatic carbocycles. The van der Waals surface area contributed by atoms with Crippen LogP contribution in [0.4, 0.5) is 0 Å². The van der Waals surface area contributed by atoms with Gasteiger partial charge in [-0.1, -0.05) is 0 Å². The normalized spacial score (nSPS) is 7.12. The minimum atomic E-state index is 0. The second-order valence-electron chi connectivity index (χ2n) is 1.30. The molecule has 0 spiro atoms. The molecule has 0 saturated heterocycles. The molecule has 0 N–H and O–H groups in total. The molecule has 3 heteroatoms. The van der Waals surface area contributed by atoms with E-state index >= 15 is 0 Å². The van der Waals surface area contributed by atoms with Crippen molar-refractivity contribution in [3.8, 4) is 0 Å². The Balaban J connectivity index is 0. The molecule has 0 unspecified atom stereocenters. The molecule has 0 saturated carbocycles. The second-order valence-corrected chi connectivity index (χ2v) is 1.73. The summed E-state index contributed by atoms with van der Waals surface area (Å²) >= 11 is 5.54. The maximum Gasteiger partial charge on any atom is 1.00 e. The summed E-state index contributed by atoms with van der Waals surface area (Å²) in [4.78, 5) is 0.794. The fourth-order valence-corrected chi connectivity index (χ4v) is 0.560. The average molecular weight is 118 g/mol. The van der Waals surface area contributed by atoms with Crippen LogP contribution in [0.2, 0.25) is 4.92 Å². The largest absolute Gasteiger partial charge is 1.00 e. The molecule has 0 radical (unpaired) electrons. The molecule has 0 fully saturated rings. The summed E-state index contributed by atoms with van der Waals surface area (Å²) in [5.41, 5.74) is 0. The van der Waals surface area contributed by atoms with Crippen molar-refractivity contribution in [3.63, 3.8) is 0 Å². The Morgan fingerprint density at radius 3 is 2.50 bits per heavy atom. The van der Waals surface area contributed by atoms with Gasteiger partial charge in [0.05, 0.1) is 0 Å². The van der Waals surface area contributed by atoms with Crippen LogP contribution in [0.5, 0.6) is 0 Å². The van der Waals surface area contributed by atoms with Gasteiger partial charge in [-0.05, 0) is 0 Å². The van der Waals surface area contributed by atoms with Crippen LogP contribution in [0.3, 0.4) is 0 Å². The van der Waals surface area contributed by atoms with E-state index in [9.17, 15) is 0 Å². The third-order valence-electron chi connectivity index (χ3n) is 0.733. The zero-order valence-corrected chi connectivity index (χ0v) is 5.52. The Bertz CT molecular complexity index is 147. The predicted molar refractivity (Wildman–Crippen MR) is 33.9 cm³/mol. The smallest absolute Gasteiger partial charge is 1.00 e. The van der Waals surface area contributed by atoms with Gasteiger partial charge in [0.1, 0.15) is 0 Å². The van der Waals surface area contributed by atoms with Crippen LogP contribution in [-0.2, 0) is 0 Å². The monoisotopic (exact) mass is 118 g/mol. The van der Waals surface area contributed by atoms with Gasteiger partial charge in [0.15, 0.2) is 0 Å². The van der Waals surface area contributed by atoms with E-state index < -0.39 is 0 Å². The van der Waals surface area contributed by atoms with Crippen LogP contribution >= 0.6 is 11.6 Å². The van der Waals surface area contributed by atoms with Crippen LogP contribution in [0.1, 0.15) is 1.43 Å². The van der Waals surface area contributed by atoms with Gasteiger partial charge < -0.3 is 1.43 Å². The molecule has 0 nitrogen and oxygen atoms in total. The first-order valence-electron chi connectivity index (χ1n) is 2.10. The molecule has 36 valence electrons. The molecule has 8 heavy (non-hydrogen) atoms. The second kappa shape index (κ2) is 4.21. The number of hydrogen-bond acceptors (Lipinski definition) is 0. The van der Waals surface area contributed by atoms with Crippen LogP contribution in [0.15, 0.2) is 24.2 Å². The quantitative estimate of drug-likeness (QED) is 0.375. The van der Waals surface area contributed by atoms with Crippen molar-refractivity contribution in [1.82, 2.24) is 0 Å². The van der Waals surface area contributed by atoms with E-state index in [1.807, 2.05) is 31.1 Å². The van der Waals surface area contributed by atoms with Crippen LogP contribution in [-0.4, -0.2) is 6.91 Å². The zero-order chi connectivity index (χ0) is 5.11. The maximum atomic E-state index is 5.54. The summed E-state index contributed by atoms with van der Waals surface area (Å²) in [6.45, 7) is 1.85. The summed E-state index contributed by atoms with van der Waals surface area (Å²) in [7, 11) is 0. The van der Waals surface area contributed by atoms with E-state index in [1.165, 1.54) is 0 Å². The van der Waals surface area contributed by atoms with E-state index in [4.69, 9.17) is 11.6 Å². The molecule has 1 aromatic rings. The number of hydrogen-bond donors (Lipinski definition) is 0. The fraction of sp³-hybridized carbons (Fsp3) is 0. The molecule has 0 aliphatic rings. The van der Waals surface area contributed by atoms with E-state index in [1.54, 1.807) is 0 Å². The van der Waals surface area contributed by atoms with Crippen molar-refractivity contribution in [3.05, 3.63) is 29.1 Å². The van der Waals surface area contributed by atoms with Gasteiger partial charge in [-0.3, -0.25) is 0 Å². The van der Waals surface area contributed by atoms with Crippen molar-refractivity contribution in [2.24, 2.45) is 0 Å². The third-order valence-corrected chi connectivity index (χ3v) is 0.985. The molecule has 1 rings (SSSR count). The van der Waals surface area contributed by atoms with Crippen LogP contribution < -0.4 is 18.9 Å². The fourth-order valence-electron chi connectivity index (χ4n) is 0.415. The van der Waals surface area contributed by atoms with Gasteiger partial charge in [-0.25, -0.2) is 0 Å². The van der Waals surface area contributed by atoms with Crippen molar-refractivity contribution in [2.45, 2.75) is 0 Å². The molecular formula is C5H5BClLi. The summed E-state index contributed by atoms with van der Waals surface area (Å²) < 4.78 is 0. The molecule has 0 bridgehead atoms. The van der Waals surface area contributed by atoms with Crippen molar-refractivity contribution in [2.75, 3.05) is 0 Å². The van der Waals surface area contributed by atoms with Gasteiger partial charge in [-0.2, -0.15) is 0 Å². The standard InChI is InChI=1S/C5H4BCl.Li.H/c7-5-3-1-2-4-6-5;;/h1-4H;;/q;+1;-1. The first-order valence-corrected chi connectivity index (χ1v) is 2.48. The number of halogens is 1. The molecule has 0 aliphatic heterocycles. The zero-order valence-electron chi connectivity index (χ0n) is 5.76. The molecule has 0 atom stereocenters. The number of rotatable bonds is 0. The van der Waals surface area contributed by atoms with E-state index in [0.29, 0.717) is 0 Å². The summed E-state index contributed by atoms with van der Waals surface area (Å²) in [6.07, 6.45) is 0. The Morgan fingerprint density at radius 2 is 2.25 bits per heavy atom. The van der Waals surface area contributed by atoms with E-state index in [2.05, 4.69) is 0 Å². The van der Waals surface area contributed by atoms with Gasteiger partial charge in [0.2, 0.25) is 0 Å². The Kier molecular flexibility index (Phi) is 4.37. The minimum absolute atomic E-state index is 0. The van der Waals surface area contributed by atoms with Gasteiger partial charge in [0, 0.05) is 0 Å². The molecule has 0 aliphatic carbocycles. The Labute approximate surface area is 68.1 Å². The summed E-state index contributed by atoms with van der Waals surface area (Å²) in [5, 5.41) is 0. The van der Waals surface area contributed by atoms with Gasteiger partial charge >= 0.3 is 66.5 Å². The van der Waals surface area contributed by atoms with Crippen molar-refractivity contribution >= 4 is 18.5 Å². The SMILES string of the molecule is Clc1bcccc1.[H-].[Li+]. The van der Waals surface area contributed by atoms with Crippen LogP contribution in [0, 0.1) is 0 Å². The topological polar surface area (TPSA) is 0 Å². The Morgan fingerprint density at radius 1 is 1.50 bits per heavy atom. The first kappa shape index (κ1) is 8.30. The maximum absolute atomic E-state index is 5.54. The molecule has 0 amide bonds. The first-order chi connectivity index (χ1) is 3.39. The molecule has 1 aromatic heterocycles. The molecular weight excluding hydrogens is 113 g/mol. The summed E-state index contributed by atoms with van der Waals surface area (Å²) in [5.74, 6) is 1.91. The third kappa shape index (κ3) is 2.57. The average Bonchev–Trinajstić information content (AvgIpc) is 1.69. The Hall–Kier alpha value is 0.302. The predicted octanol–water partition coefficient (Wildman–Crippen LogP) is -1.21. The summed E-state index contributed by atoms with van der Waals surface area (Å²) in [6, 6.07) is 5.69. The van der Waals surface area contributed by atoms with E-state index in [-0.39, 0.29) is 20.3 Å². The minimum Gasteiger partial charge on any atom is -1.00 e. The van der Waals surface area contributed by atoms with Crippen molar-refractivity contribution < 1.29 is 20.3 Å². The van der Waals surface area contributed by atoms with Gasteiger partial charge in [-0.15, -0.1) is 0 Å². The van der Waals surface area contributed by atoms with Gasteiger partial charge in [0.25, 0.3) is 0 Å². The van der Waals surface area contributed by atoms with Crippen molar-refractivity contribution in [1.29, 1.82) is 0 Å². The van der Waals surface area contributed by atoms with E-state index in [0.717, 1.165) is 4.92 Å². The molecule has 1 heterocycles. The van der Waals surface area contributed by atoms with Crippen LogP contribution in [0.25, 0.3) is 0 Å².